The first-order valence-corrected chi connectivity index (χ1v) is 15.6. The van der Waals surface area contributed by atoms with E-state index >= 15 is 0 Å². The van der Waals surface area contributed by atoms with Crippen LogP contribution in [0.15, 0.2) is 175 Å². The molecule has 46 heavy (non-hydrogen) atoms. The zero-order valence-electron chi connectivity index (χ0n) is 25.0. The Morgan fingerprint density at radius 3 is 1.46 bits per heavy atom. The Labute approximate surface area is 265 Å². The molecule has 3 heteroatoms. The van der Waals surface area contributed by atoms with Gasteiger partial charge in [0.25, 0.3) is 5.56 Å². The van der Waals surface area contributed by atoms with Gasteiger partial charge in [-0.1, -0.05) is 109 Å². The largest absolute Gasteiger partial charge is 0.309 e. The molecule has 0 bridgehead atoms. The summed E-state index contributed by atoms with van der Waals surface area (Å²) in [6, 6.07) is 58.9. The maximum atomic E-state index is 14.0. The minimum atomic E-state index is -0.0153. The van der Waals surface area contributed by atoms with Gasteiger partial charge < -0.3 is 4.57 Å². The van der Waals surface area contributed by atoms with Crippen molar-refractivity contribution in [1.29, 1.82) is 0 Å². The van der Waals surface area contributed by atoms with E-state index in [1.165, 1.54) is 21.8 Å². The van der Waals surface area contributed by atoms with E-state index in [9.17, 15) is 4.79 Å². The maximum Gasteiger partial charge on any atom is 0.263 e. The predicted molar refractivity (Wildman–Crippen MR) is 192 cm³/mol. The number of pyridine rings is 1. The van der Waals surface area contributed by atoms with Gasteiger partial charge in [0.15, 0.2) is 0 Å². The van der Waals surface area contributed by atoms with Gasteiger partial charge in [-0.25, -0.2) is 0 Å². The average molecular weight is 589 g/mol. The molecule has 0 radical (unpaired) electrons. The fraction of sp³-hybridized carbons (Fsp3) is 0. The molecule has 0 saturated heterocycles. The lowest BCUT2D eigenvalue weighted by Crippen LogP contribution is -2.19. The van der Waals surface area contributed by atoms with E-state index in [0.29, 0.717) is 5.39 Å². The average Bonchev–Trinajstić information content (AvgIpc) is 3.46. The summed E-state index contributed by atoms with van der Waals surface area (Å²) in [6.45, 7) is 0. The molecule has 2 heterocycles. The van der Waals surface area contributed by atoms with E-state index in [1.807, 2.05) is 34.9 Å². The summed E-state index contributed by atoms with van der Waals surface area (Å²) in [5.74, 6) is 0. The summed E-state index contributed by atoms with van der Waals surface area (Å²) < 4.78 is 4.19. The van der Waals surface area contributed by atoms with E-state index in [2.05, 4.69) is 144 Å². The van der Waals surface area contributed by atoms with Gasteiger partial charge in [0.05, 0.1) is 16.6 Å². The molecule has 0 atom stereocenters. The number of para-hydroxylation sites is 2. The van der Waals surface area contributed by atoms with Crippen LogP contribution in [0.4, 0.5) is 0 Å². The van der Waals surface area contributed by atoms with Gasteiger partial charge in [0.1, 0.15) is 0 Å². The van der Waals surface area contributed by atoms with E-state index in [4.69, 9.17) is 0 Å². The molecule has 0 aliphatic heterocycles. The molecule has 216 valence electrons. The molecule has 9 aromatic rings. The molecule has 0 aliphatic carbocycles. The summed E-state index contributed by atoms with van der Waals surface area (Å²) in [6.07, 6.45) is 0. The number of hydrogen-bond acceptors (Lipinski definition) is 1. The number of nitrogens with zero attached hydrogens (tertiary/aromatic N) is 2. The second-order valence-electron chi connectivity index (χ2n) is 11.8. The molecular formula is C43H28N2O. The zero-order chi connectivity index (χ0) is 30.6. The van der Waals surface area contributed by atoms with Crippen molar-refractivity contribution in [3.05, 3.63) is 180 Å². The van der Waals surface area contributed by atoms with E-state index in [0.717, 1.165) is 49.9 Å². The first kappa shape index (κ1) is 26.2. The Bertz CT molecular complexity index is 2630. The monoisotopic (exact) mass is 588 g/mol. The third-order valence-corrected chi connectivity index (χ3v) is 9.14. The van der Waals surface area contributed by atoms with Gasteiger partial charge in [-0.2, -0.15) is 0 Å². The molecule has 0 spiro atoms. The van der Waals surface area contributed by atoms with Gasteiger partial charge in [-0.15, -0.1) is 0 Å². The molecule has 0 aliphatic rings. The lowest BCUT2D eigenvalue weighted by molar-refractivity contribution is 1.06. The van der Waals surface area contributed by atoms with Crippen LogP contribution < -0.4 is 5.56 Å². The first-order valence-electron chi connectivity index (χ1n) is 15.6. The molecule has 0 amide bonds. The van der Waals surface area contributed by atoms with Crippen molar-refractivity contribution in [3.63, 3.8) is 0 Å². The molecule has 0 unspecified atom stereocenters. The SMILES string of the molecule is O=c1c2ccccc2c2cc(-c3ccccc3)ccc2n1-c1ccc(-c2ccc3c(c2)c2ccccc2n3-c2ccccc2)cc1. The highest BCUT2D eigenvalue weighted by Crippen LogP contribution is 2.35. The Kier molecular flexibility index (Phi) is 5.97. The lowest BCUT2D eigenvalue weighted by Gasteiger charge is -2.15. The van der Waals surface area contributed by atoms with Gasteiger partial charge >= 0.3 is 0 Å². The van der Waals surface area contributed by atoms with Crippen LogP contribution in [0.1, 0.15) is 0 Å². The number of fused-ring (bicyclic) bond motifs is 6. The molecule has 0 saturated carbocycles. The highest BCUT2D eigenvalue weighted by molar-refractivity contribution is 6.10. The molecule has 2 aromatic heterocycles. The summed E-state index contributed by atoms with van der Waals surface area (Å²) in [5, 5.41) is 5.18. The normalized spacial score (nSPS) is 11.6. The van der Waals surface area contributed by atoms with Gasteiger partial charge in [0.2, 0.25) is 0 Å². The number of hydrogen-bond donors (Lipinski definition) is 0. The minimum Gasteiger partial charge on any atom is -0.309 e. The Hall–Kier alpha value is -6.19. The topological polar surface area (TPSA) is 26.9 Å². The molecule has 7 aromatic carbocycles. The second kappa shape index (κ2) is 10.5. The van der Waals surface area contributed by atoms with Crippen LogP contribution in [0.2, 0.25) is 0 Å². The molecule has 9 rings (SSSR count). The highest BCUT2D eigenvalue weighted by atomic mass is 16.1. The van der Waals surface area contributed by atoms with Crippen molar-refractivity contribution in [2.24, 2.45) is 0 Å². The predicted octanol–water partition coefficient (Wildman–Crippen LogP) is 10.6. The molecule has 0 fully saturated rings. The van der Waals surface area contributed by atoms with Crippen LogP contribution in [-0.2, 0) is 0 Å². The smallest absolute Gasteiger partial charge is 0.263 e. The van der Waals surface area contributed by atoms with Gasteiger partial charge in [0, 0.05) is 32.9 Å². The minimum absolute atomic E-state index is 0.0153. The summed E-state index contributed by atoms with van der Waals surface area (Å²) in [4.78, 5) is 14.0. The van der Waals surface area contributed by atoms with Crippen molar-refractivity contribution in [2.75, 3.05) is 0 Å². The van der Waals surface area contributed by atoms with E-state index in [1.54, 1.807) is 0 Å². The van der Waals surface area contributed by atoms with Gasteiger partial charge in [-0.05, 0) is 88.3 Å². The number of aromatic nitrogens is 2. The summed E-state index contributed by atoms with van der Waals surface area (Å²) in [7, 11) is 0. The number of rotatable bonds is 4. The molecule has 0 N–H and O–H groups in total. The van der Waals surface area contributed by atoms with Crippen LogP contribution in [0.25, 0.3) is 77.1 Å². The van der Waals surface area contributed by atoms with Crippen LogP contribution >= 0.6 is 0 Å². The fourth-order valence-electron chi connectivity index (χ4n) is 6.96. The van der Waals surface area contributed by atoms with Crippen molar-refractivity contribution >= 4 is 43.5 Å². The van der Waals surface area contributed by atoms with E-state index in [-0.39, 0.29) is 5.56 Å². The third kappa shape index (κ3) is 4.10. The lowest BCUT2D eigenvalue weighted by atomic mass is 9.99. The third-order valence-electron chi connectivity index (χ3n) is 9.14. The van der Waals surface area contributed by atoms with Crippen LogP contribution in [0, 0.1) is 0 Å². The van der Waals surface area contributed by atoms with Crippen molar-refractivity contribution < 1.29 is 0 Å². The Balaban J connectivity index is 1.18. The standard InChI is InChI=1S/C43H28N2O/c46-43-37-17-8-7-15-35(37)38-27-31(29-11-3-1-4-12-29)22-26-42(38)45(43)34-23-19-30(20-24-34)32-21-25-41-39(28-32)36-16-9-10-18-40(36)44(41)33-13-5-2-6-14-33/h1-28H. The summed E-state index contributed by atoms with van der Waals surface area (Å²) >= 11 is 0. The number of benzene rings is 7. The fourth-order valence-corrected chi connectivity index (χ4v) is 6.96. The van der Waals surface area contributed by atoms with E-state index < -0.39 is 0 Å². The first-order chi connectivity index (χ1) is 22.7. The van der Waals surface area contributed by atoms with Gasteiger partial charge in [-0.3, -0.25) is 9.36 Å². The van der Waals surface area contributed by atoms with Crippen molar-refractivity contribution in [2.45, 2.75) is 0 Å². The van der Waals surface area contributed by atoms with Crippen LogP contribution in [0.3, 0.4) is 0 Å². The van der Waals surface area contributed by atoms with Crippen molar-refractivity contribution in [3.8, 4) is 33.6 Å². The quantitative estimate of drug-likeness (QED) is 0.188. The maximum absolute atomic E-state index is 14.0. The van der Waals surface area contributed by atoms with Crippen LogP contribution in [-0.4, -0.2) is 9.13 Å². The second-order valence-corrected chi connectivity index (χ2v) is 11.8. The zero-order valence-corrected chi connectivity index (χ0v) is 25.0. The molecule has 3 nitrogen and oxygen atoms in total. The van der Waals surface area contributed by atoms with Crippen LogP contribution in [0.5, 0.6) is 0 Å². The highest BCUT2D eigenvalue weighted by Gasteiger charge is 2.15. The van der Waals surface area contributed by atoms with Crippen molar-refractivity contribution in [1.82, 2.24) is 9.13 Å². The Morgan fingerprint density at radius 1 is 0.304 bits per heavy atom. The Morgan fingerprint density at radius 2 is 0.761 bits per heavy atom. The molecular weight excluding hydrogens is 560 g/mol. The summed E-state index contributed by atoms with van der Waals surface area (Å²) in [5.41, 5.74) is 9.76.